The molecule has 0 spiro atoms. The van der Waals surface area contributed by atoms with Gasteiger partial charge in [-0.3, -0.25) is 9.69 Å². The number of fused-ring (bicyclic) bond motifs is 1. The van der Waals surface area contributed by atoms with Crippen molar-refractivity contribution in [2.45, 2.75) is 32.6 Å². The van der Waals surface area contributed by atoms with Crippen LogP contribution in [0.1, 0.15) is 34.1 Å². The Balaban J connectivity index is 1.68. The van der Waals surface area contributed by atoms with Crippen LogP contribution in [0, 0.1) is 6.92 Å². The van der Waals surface area contributed by atoms with Crippen molar-refractivity contribution in [1.29, 1.82) is 0 Å². The molecule has 9 nitrogen and oxygen atoms in total. The van der Waals surface area contributed by atoms with Gasteiger partial charge in [0.15, 0.2) is 5.82 Å². The number of rotatable bonds is 11. The number of aromatic amines is 1. The Hall–Kier alpha value is -4.34. The monoisotopic (exact) mass is 524 g/mol. The molecule has 0 fully saturated rings. The smallest absolute Gasteiger partial charge is 0.253 e. The summed E-state index contributed by atoms with van der Waals surface area (Å²) in [6.07, 6.45) is 0. The van der Waals surface area contributed by atoms with Crippen LogP contribution in [-0.2, 0) is 24.4 Å². The van der Waals surface area contributed by atoms with Crippen LogP contribution in [0.3, 0.4) is 0 Å². The van der Waals surface area contributed by atoms with E-state index in [4.69, 9.17) is 9.47 Å². The van der Waals surface area contributed by atoms with E-state index >= 15 is 0 Å². The van der Waals surface area contributed by atoms with E-state index in [9.17, 15) is 4.79 Å². The molecule has 2 aromatic heterocycles. The molecule has 1 atom stereocenters. The Morgan fingerprint density at radius 1 is 0.949 bits per heavy atom. The van der Waals surface area contributed by atoms with Crippen LogP contribution in [0.25, 0.3) is 10.9 Å². The van der Waals surface area contributed by atoms with Crippen LogP contribution in [0.4, 0.5) is 0 Å². The highest BCUT2D eigenvalue weighted by molar-refractivity contribution is 5.82. The SMILES string of the molecule is COCCn1nnnc1[C@H](c1cc2cccc(C)c2[nH]c1=O)N(Cc1ccccc1)Cc1ccc(OC)cc1. The summed E-state index contributed by atoms with van der Waals surface area (Å²) in [5.74, 6) is 1.36. The van der Waals surface area contributed by atoms with E-state index in [1.807, 2.05) is 73.7 Å². The van der Waals surface area contributed by atoms with Gasteiger partial charge in [0.1, 0.15) is 11.8 Å². The summed E-state index contributed by atoms with van der Waals surface area (Å²) in [7, 11) is 3.30. The van der Waals surface area contributed by atoms with E-state index < -0.39 is 6.04 Å². The molecule has 2 heterocycles. The molecule has 5 aromatic rings. The summed E-state index contributed by atoms with van der Waals surface area (Å²) in [5, 5.41) is 13.6. The van der Waals surface area contributed by atoms with Crippen molar-refractivity contribution in [3.8, 4) is 5.75 Å². The highest BCUT2D eigenvalue weighted by Crippen LogP contribution is 2.30. The minimum absolute atomic E-state index is 0.170. The van der Waals surface area contributed by atoms with Crippen molar-refractivity contribution >= 4 is 10.9 Å². The van der Waals surface area contributed by atoms with Gasteiger partial charge < -0.3 is 14.5 Å². The zero-order valence-electron chi connectivity index (χ0n) is 22.4. The molecule has 0 radical (unpaired) electrons. The number of pyridine rings is 1. The average Bonchev–Trinajstić information content (AvgIpc) is 3.42. The largest absolute Gasteiger partial charge is 0.497 e. The van der Waals surface area contributed by atoms with Crippen LogP contribution < -0.4 is 10.3 Å². The van der Waals surface area contributed by atoms with Crippen molar-refractivity contribution in [2.24, 2.45) is 0 Å². The maximum absolute atomic E-state index is 13.7. The highest BCUT2D eigenvalue weighted by atomic mass is 16.5. The van der Waals surface area contributed by atoms with E-state index in [1.165, 1.54) is 0 Å². The molecule has 3 aromatic carbocycles. The van der Waals surface area contributed by atoms with E-state index in [2.05, 4.69) is 37.5 Å². The minimum atomic E-state index is -0.534. The number of ether oxygens (including phenoxy) is 2. The number of aryl methyl sites for hydroxylation is 1. The summed E-state index contributed by atoms with van der Waals surface area (Å²) >= 11 is 0. The molecule has 1 N–H and O–H groups in total. The van der Waals surface area contributed by atoms with Gasteiger partial charge in [-0.15, -0.1) is 5.10 Å². The maximum atomic E-state index is 13.7. The Labute approximate surface area is 227 Å². The predicted octanol–water partition coefficient (Wildman–Crippen LogP) is 4.27. The topological polar surface area (TPSA) is 98.2 Å². The van der Waals surface area contributed by atoms with Crippen molar-refractivity contribution in [3.63, 3.8) is 0 Å². The Kier molecular flexibility index (Phi) is 8.10. The lowest BCUT2D eigenvalue weighted by Crippen LogP contribution is -2.35. The first-order valence-electron chi connectivity index (χ1n) is 12.9. The molecule has 0 aliphatic carbocycles. The molecule has 0 aliphatic heterocycles. The molecule has 0 amide bonds. The van der Waals surface area contributed by atoms with Crippen LogP contribution in [-0.4, -0.2) is 50.9 Å². The van der Waals surface area contributed by atoms with Gasteiger partial charge in [0.25, 0.3) is 5.56 Å². The summed E-state index contributed by atoms with van der Waals surface area (Å²) < 4.78 is 12.4. The number of para-hydroxylation sites is 1. The number of nitrogens with zero attached hydrogens (tertiary/aromatic N) is 5. The molecule has 39 heavy (non-hydrogen) atoms. The molecule has 0 saturated carbocycles. The van der Waals surface area contributed by atoms with Crippen LogP contribution in [0.15, 0.2) is 83.7 Å². The number of nitrogens with one attached hydrogen (secondary N) is 1. The fraction of sp³-hybridized carbons (Fsp3) is 0.267. The van der Waals surface area contributed by atoms with Gasteiger partial charge in [0, 0.05) is 25.8 Å². The van der Waals surface area contributed by atoms with Gasteiger partial charge in [-0.05, 0) is 57.6 Å². The molecular weight excluding hydrogens is 492 g/mol. The lowest BCUT2D eigenvalue weighted by atomic mass is 10.0. The number of aromatic nitrogens is 5. The van der Waals surface area contributed by atoms with Crippen molar-refractivity contribution in [1.82, 2.24) is 30.1 Å². The van der Waals surface area contributed by atoms with Crippen molar-refractivity contribution in [2.75, 3.05) is 20.8 Å². The Morgan fingerprint density at radius 2 is 1.69 bits per heavy atom. The van der Waals surface area contributed by atoms with Gasteiger partial charge in [0.05, 0.1) is 25.8 Å². The average molecular weight is 525 g/mol. The number of hydrogen-bond donors (Lipinski definition) is 1. The maximum Gasteiger partial charge on any atom is 0.253 e. The van der Waals surface area contributed by atoms with Gasteiger partial charge in [0.2, 0.25) is 0 Å². The van der Waals surface area contributed by atoms with Crippen LogP contribution >= 0.6 is 0 Å². The molecule has 0 unspecified atom stereocenters. The standard InChI is InChI=1S/C30H32N6O3/c1-21-8-7-11-24-18-26(30(37)31-27(21)24)28(29-32-33-34-36(29)16-17-38-2)35(19-22-9-5-4-6-10-22)20-23-12-14-25(39-3)15-13-23/h4-15,18,28H,16-17,19-20H2,1-3H3,(H,31,37)/t28-/m0/s1. The highest BCUT2D eigenvalue weighted by Gasteiger charge is 2.31. The molecular formula is C30H32N6O3. The summed E-state index contributed by atoms with van der Waals surface area (Å²) in [4.78, 5) is 19.1. The fourth-order valence-corrected chi connectivity index (χ4v) is 4.87. The molecule has 0 bridgehead atoms. The second-order valence-electron chi connectivity index (χ2n) is 9.49. The van der Waals surface area contributed by atoms with Gasteiger partial charge in [-0.1, -0.05) is 60.7 Å². The van der Waals surface area contributed by atoms with E-state index in [-0.39, 0.29) is 5.56 Å². The number of H-pyrrole nitrogens is 1. The lowest BCUT2D eigenvalue weighted by molar-refractivity contribution is 0.169. The second kappa shape index (κ2) is 12.0. The third kappa shape index (κ3) is 5.89. The van der Waals surface area contributed by atoms with E-state index in [0.29, 0.717) is 37.6 Å². The normalized spacial score (nSPS) is 12.2. The molecule has 0 saturated heterocycles. The Morgan fingerprint density at radius 3 is 2.41 bits per heavy atom. The number of benzene rings is 3. The third-order valence-corrected chi connectivity index (χ3v) is 6.86. The molecule has 200 valence electrons. The van der Waals surface area contributed by atoms with Gasteiger partial charge in [-0.25, -0.2) is 4.68 Å². The van der Waals surface area contributed by atoms with Crippen LogP contribution in [0.5, 0.6) is 5.75 Å². The molecule has 5 rings (SSSR count). The first kappa shape index (κ1) is 26.3. The Bertz CT molecular complexity index is 1580. The third-order valence-electron chi connectivity index (χ3n) is 6.86. The zero-order chi connectivity index (χ0) is 27.2. The fourth-order valence-electron chi connectivity index (χ4n) is 4.87. The molecule has 9 heteroatoms. The van der Waals surface area contributed by atoms with Gasteiger partial charge in [-0.2, -0.15) is 0 Å². The second-order valence-corrected chi connectivity index (χ2v) is 9.49. The predicted molar refractivity (Wildman–Crippen MR) is 150 cm³/mol. The quantitative estimate of drug-likeness (QED) is 0.276. The van der Waals surface area contributed by atoms with Gasteiger partial charge >= 0.3 is 0 Å². The van der Waals surface area contributed by atoms with E-state index in [0.717, 1.165) is 33.3 Å². The number of hydrogen-bond acceptors (Lipinski definition) is 7. The number of tetrazole rings is 1. The first-order valence-corrected chi connectivity index (χ1v) is 12.9. The summed E-state index contributed by atoms with van der Waals surface area (Å²) in [6, 6.07) is 25.6. The number of methoxy groups -OCH3 is 2. The van der Waals surface area contributed by atoms with E-state index in [1.54, 1.807) is 18.9 Å². The first-order chi connectivity index (χ1) is 19.1. The van der Waals surface area contributed by atoms with Crippen LogP contribution in [0.2, 0.25) is 0 Å². The lowest BCUT2D eigenvalue weighted by Gasteiger charge is -2.31. The zero-order valence-corrected chi connectivity index (χ0v) is 22.4. The summed E-state index contributed by atoms with van der Waals surface area (Å²) in [6.45, 7) is 4.01. The minimum Gasteiger partial charge on any atom is -0.497 e. The summed E-state index contributed by atoms with van der Waals surface area (Å²) in [5.41, 5.74) is 4.42. The van der Waals surface area contributed by atoms with Crippen molar-refractivity contribution < 1.29 is 9.47 Å². The van der Waals surface area contributed by atoms with Crippen molar-refractivity contribution in [3.05, 3.63) is 117 Å². The molecule has 0 aliphatic rings.